The van der Waals surface area contributed by atoms with E-state index in [1.165, 1.54) is 22.8 Å². The summed E-state index contributed by atoms with van der Waals surface area (Å²) in [5.74, 6) is 0.338. The Labute approximate surface area is 157 Å². The Morgan fingerprint density at radius 1 is 1.18 bits per heavy atom. The molecular formula is C18H14N2O8. The summed E-state index contributed by atoms with van der Waals surface area (Å²) >= 11 is 0. The van der Waals surface area contributed by atoms with Crippen molar-refractivity contribution >= 4 is 22.8 Å². The van der Waals surface area contributed by atoms with Gasteiger partial charge in [0, 0.05) is 25.1 Å². The molecule has 0 bridgehead atoms. The van der Waals surface area contributed by atoms with Crippen LogP contribution in [0.2, 0.25) is 0 Å². The lowest BCUT2D eigenvalue weighted by atomic mass is 10.2. The minimum absolute atomic E-state index is 0.0700. The summed E-state index contributed by atoms with van der Waals surface area (Å²) in [4.78, 5) is 34.3. The van der Waals surface area contributed by atoms with Gasteiger partial charge in [-0.15, -0.1) is 0 Å². The number of carbonyl (C=O) groups excluding carboxylic acids is 1. The summed E-state index contributed by atoms with van der Waals surface area (Å²) in [6.45, 7) is 0.336. The lowest BCUT2D eigenvalue weighted by Gasteiger charge is -2.06. The summed E-state index contributed by atoms with van der Waals surface area (Å²) in [5, 5.41) is 10.8. The molecule has 10 heteroatoms. The van der Waals surface area contributed by atoms with Crippen molar-refractivity contribution in [3.8, 4) is 17.2 Å². The SMILES string of the molecule is O=C(CCCn1c(=O)oc2cc([N+](=O)[O-])ccc21)Oc1ccc2c(c1)OCO2. The molecule has 10 nitrogen and oxygen atoms in total. The fourth-order valence-electron chi connectivity index (χ4n) is 2.88. The molecule has 0 saturated carbocycles. The van der Waals surface area contributed by atoms with Crippen molar-refractivity contribution < 1.29 is 28.3 Å². The zero-order valence-corrected chi connectivity index (χ0v) is 14.5. The van der Waals surface area contributed by atoms with E-state index in [9.17, 15) is 19.7 Å². The summed E-state index contributed by atoms with van der Waals surface area (Å²) in [6.07, 6.45) is 0.398. The van der Waals surface area contributed by atoms with E-state index in [4.69, 9.17) is 18.6 Å². The van der Waals surface area contributed by atoms with Crippen LogP contribution >= 0.6 is 0 Å². The van der Waals surface area contributed by atoms with Gasteiger partial charge in [0.25, 0.3) is 5.69 Å². The molecule has 1 aromatic heterocycles. The molecule has 0 fully saturated rings. The molecule has 1 aliphatic heterocycles. The Morgan fingerprint density at radius 3 is 2.82 bits per heavy atom. The summed E-state index contributed by atoms with van der Waals surface area (Å²) in [6, 6.07) is 8.76. The third kappa shape index (κ3) is 3.39. The number of carbonyl (C=O) groups is 1. The van der Waals surface area contributed by atoms with Gasteiger partial charge in [0.15, 0.2) is 17.1 Å². The minimum atomic E-state index is -0.639. The number of non-ortho nitro benzene ring substituents is 1. The lowest BCUT2D eigenvalue weighted by molar-refractivity contribution is -0.384. The van der Waals surface area contributed by atoms with Crippen molar-refractivity contribution in [1.29, 1.82) is 0 Å². The molecule has 0 radical (unpaired) electrons. The van der Waals surface area contributed by atoms with Crippen LogP contribution in [-0.4, -0.2) is 22.3 Å². The number of oxazole rings is 1. The standard InChI is InChI=1S/C18H14N2O8/c21-17(27-12-4-6-14-16(9-12)26-10-25-14)2-1-7-19-13-5-3-11(20(23)24)8-15(13)28-18(19)22/h3-6,8-9H,1-2,7,10H2. The van der Waals surface area contributed by atoms with Crippen LogP contribution < -0.4 is 20.0 Å². The maximum absolute atomic E-state index is 12.0. The Bertz CT molecular complexity index is 1130. The number of ether oxygens (including phenoxy) is 3. The first-order chi connectivity index (χ1) is 13.5. The molecule has 0 atom stereocenters. The number of hydrogen-bond donors (Lipinski definition) is 0. The number of esters is 1. The van der Waals surface area contributed by atoms with E-state index in [1.807, 2.05) is 0 Å². The Morgan fingerprint density at radius 2 is 2.00 bits per heavy atom. The highest BCUT2D eigenvalue weighted by Crippen LogP contribution is 2.35. The first kappa shape index (κ1) is 17.6. The highest BCUT2D eigenvalue weighted by Gasteiger charge is 2.16. The van der Waals surface area contributed by atoms with Gasteiger partial charge in [-0.25, -0.2) is 4.79 Å². The molecule has 0 spiro atoms. The fraction of sp³-hybridized carbons (Fsp3) is 0.222. The average molecular weight is 386 g/mol. The van der Waals surface area contributed by atoms with Gasteiger partial charge in [0.05, 0.1) is 16.5 Å². The van der Waals surface area contributed by atoms with Crippen LogP contribution in [0.5, 0.6) is 17.2 Å². The van der Waals surface area contributed by atoms with E-state index < -0.39 is 16.6 Å². The number of aromatic nitrogens is 1. The molecular weight excluding hydrogens is 372 g/mol. The largest absolute Gasteiger partial charge is 0.454 e. The molecule has 0 N–H and O–H groups in total. The zero-order chi connectivity index (χ0) is 19.7. The monoisotopic (exact) mass is 386 g/mol. The second-order valence-corrected chi connectivity index (χ2v) is 6.02. The number of nitro groups is 1. The first-order valence-electron chi connectivity index (χ1n) is 8.39. The molecule has 4 rings (SSSR count). The second kappa shape index (κ2) is 7.06. The van der Waals surface area contributed by atoms with E-state index in [0.29, 0.717) is 29.2 Å². The first-order valence-corrected chi connectivity index (χ1v) is 8.39. The Kier molecular flexibility index (Phi) is 4.44. The molecule has 0 saturated heterocycles. The van der Waals surface area contributed by atoms with Gasteiger partial charge in [-0.05, 0) is 24.6 Å². The van der Waals surface area contributed by atoms with Crippen molar-refractivity contribution in [2.75, 3.05) is 6.79 Å². The van der Waals surface area contributed by atoms with Crippen LogP contribution in [0.15, 0.2) is 45.6 Å². The van der Waals surface area contributed by atoms with Gasteiger partial charge in [0.1, 0.15) is 5.75 Å². The van der Waals surface area contributed by atoms with Crippen molar-refractivity contribution in [1.82, 2.24) is 4.57 Å². The van der Waals surface area contributed by atoms with Crippen LogP contribution in [-0.2, 0) is 11.3 Å². The van der Waals surface area contributed by atoms with Crippen LogP contribution in [0.4, 0.5) is 5.69 Å². The van der Waals surface area contributed by atoms with E-state index in [1.54, 1.807) is 18.2 Å². The molecule has 0 aliphatic carbocycles. The van der Waals surface area contributed by atoms with Gasteiger partial charge in [-0.3, -0.25) is 19.5 Å². The molecule has 2 heterocycles. The number of fused-ring (bicyclic) bond motifs is 2. The molecule has 2 aromatic carbocycles. The number of nitro benzene ring substituents is 1. The Hall–Kier alpha value is -3.82. The highest BCUT2D eigenvalue weighted by molar-refractivity contribution is 5.76. The average Bonchev–Trinajstić information content (AvgIpc) is 3.25. The van der Waals surface area contributed by atoms with Gasteiger partial charge in [-0.1, -0.05) is 0 Å². The van der Waals surface area contributed by atoms with Crippen LogP contribution in [0.3, 0.4) is 0 Å². The van der Waals surface area contributed by atoms with Gasteiger partial charge in [-0.2, -0.15) is 0 Å². The highest BCUT2D eigenvalue weighted by atomic mass is 16.7. The second-order valence-electron chi connectivity index (χ2n) is 6.02. The maximum atomic E-state index is 12.0. The Balaban J connectivity index is 1.38. The number of rotatable bonds is 6. The molecule has 0 amide bonds. The van der Waals surface area contributed by atoms with Crippen molar-refractivity contribution in [3.63, 3.8) is 0 Å². The summed E-state index contributed by atoms with van der Waals surface area (Å²) in [5.41, 5.74) is 0.391. The predicted octanol–water partition coefficient (Wildman–Crippen LogP) is 2.62. The summed E-state index contributed by atoms with van der Waals surface area (Å²) in [7, 11) is 0. The number of hydrogen-bond acceptors (Lipinski definition) is 8. The third-order valence-electron chi connectivity index (χ3n) is 4.20. The maximum Gasteiger partial charge on any atom is 0.419 e. The smallest absolute Gasteiger partial charge is 0.419 e. The molecule has 1 aliphatic rings. The topological polar surface area (TPSA) is 123 Å². The molecule has 28 heavy (non-hydrogen) atoms. The van der Waals surface area contributed by atoms with Gasteiger partial charge >= 0.3 is 11.7 Å². The number of nitrogens with zero attached hydrogens (tertiary/aromatic N) is 2. The molecule has 3 aromatic rings. The normalized spacial score (nSPS) is 12.3. The molecule has 144 valence electrons. The quantitative estimate of drug-likeness (QED) is 0.274. The van der Waals surface area contributed by atoms with Gasteiger partial charge in [0.2, 0.25) is 6.79 Å². The number of aryl methyl sites for hydroxylation is 1. The van der Waals surface area contributed by atoms with E-state index in [2.05, 4.69) is 0 Å². The van der Waals surface area contributed by atoms with Crippen LogP contribution in [0.25, 0.3) is 11.1 Å². The third-order valence-corrected chi connectivity index (χ3v) is 4.20. The predicted molar refractivity (Wildman–Crippen MR) is 94.6 cm³/mol. The van der Waals surface area contributed by atoms with Crippen molar-refractivity contribution in [2.45, 2.75) is 19.4 Å². The number of benzene rings is 2. The van der Waals surface area contributed by atoms with Crippen LogP contribution in [0.1, 0.15) is 12.8 Å². The van der Waals surface area contributed by atoms with E-state index >= 15 is 0 Å². The fourth-order valence-corrected chi connectivity index (χ4v) is 2.88. The summed E-state index contributed by atoms with van der Waals surface area (Å²) < 4.78 is 22.0. The van der Waals surface area contributed by atoms with Crippen molar-refractivity contribution in [2.24, 2.45) is 0 Å². The van der Waals surface area contributed by atoms with E-state index in [0.717, 1.165) is 0 Å². The van der Waals surface area contributed by atoms with Crippen LogP contribution in [0, 0.1) is 10.1 Å². The van der Waals surface area contributed by atoms with Gasteiger partial charge < -0.3 is 18.6 Å². The lowest BCUT2D eigenvalue weighted by Crippen LogP contribution is -2.16. The minimum Gasteiger partial charge on any atom is -0.454 e. The van der Waals surface area contributed by atoms with E-state index in [-0.39, 0.29) is 31.0 Å². The van der Waals surface area contributed by atoms with Crippen molar-refractivity contribution in [3.05, 3.63) is 57.1 Å². The zero-order valence-electron chi connectivity index (χ0n) is 14.5. The molecule has 0 unspecified atom stereocenters.